The third kappa shape index (κ3) is 11.8. The molecule has 1 saturated heterocycles. The van der Waals surface area contributed by atoms with E-state index in [9.17, 15) is 24.0 Å². The molecule has 0 unspecified atom stereocenters. The highest BCUT2D eigenvalue weighted by Gasteiger charge is 2.36. The summed E-state index contributed by atoms with van der Waals surface area (Å²) in [5.41, 5.74) is 0. The third-order valence-corrected chi connectivity index (χ3v) is 7.15. The van der Waals surface area contributed by atoms with Crippen molar-refractivity contribution in [2.45, 2.75) is 132 Å². The summed E-state index contributed by atoms with van der Waals surface area (Å²) >= 11 is 0. The van der Waals surface area contributed by atoms with Crippen molar-refractivity contribution in [2.75, 3.05) is 0 Å². The van der Waals surface area contributed by atoms with Crippen LogP contribution in [0, 0.1) is 29.6 Å². The van der Waals surface area contributed by atoms with Gasteiger partial charge in [0.25, 0.3) is 0 Å². The van der Waals surface area contributed by atoms with E-state index in [1.165, 1.54) is 0 Å². The molecule has 0 aliphatic carbocycles. The van der Waals surface area contributed by atoms with Crippen LogP contribution in [0.5, 0.6) is 0 Å². The Balaban J connectivity index is 3.64. The summed E-state index contributed by atoms with van der Waals surface area (Å²) in [4.78, 5) is 67.6. The molecule has 6 atom stereocenters. The summed E-state index contributed by atoms with van der Waals surface area (Å²) < 4.78 is 0. The van der Waals surface area contributed by atoms with Crippen LogP contribution < -0.4 is 26.6 Å². The summed E-state index contributed by atoms with van der Waals surface area (Å²) in [6.45, 7) is 19.4. The van der Waals surface area contributed by atoms with Gasteiger partial charge < -0.3 is 26.6 Å². The molecule has 0 saturated carbocycles. The maximum atomic E-state index is 13.6. The first-order chi connectivity index (χ1) is 18.5. The molecule has 0 aromatic rings. The standard InChI is InChI=1S/C30H55N5O5/c1-11-20(10)25-30(40)34-23(14-18(6)7)28(38)32-21(12-16(2)3)26(36)31-22(13-17(4)5)27(37)33-24(15-19(8)9)29(39)35-25/h16-25H,11-15H2,1-10H3,(H,31,36)(H,32,38)(H,33,37)(H,34,40)(H,35,39)/t20-,21-,22-,23-,24-,25-/m0/s1. The van der Waals surface area contributed by atoms with Gasteiger partial charge in [-0.2, -0.15) is 0 Å². The molecule has 1 rings (SSSR count). The lowest BCUT2D eigenvalue weighted by molar-refractivity contribution is -0.135. The number of carbonyl (C=O) groups excluding carboxylic acids is 5. The molecule has 5 amide bonds. The van der Waals surface area contributed by atoms with E-state index in [1.54, 1.807) is 0 Å². The van der Waals surface area contributed by atoms with Gasteiger partial charge in [-0.3, -0.25) is 24.0 Å². The summed E-state index contributed by atoms with van der Waals surface area (Å²) in [5, 5.41) is 14.3. The molecule has 0 bridgehead atoms. The SMILES string of the molecule is CC[C@H](C)[C@@H]1NC(=O)[C@H](CC(C)C)NC(=O)[C@H](CC(C)C)NC(=O)[C@H](CC(C)C)NC(=O)[C@H](CC(C)C)NC1=O. The molecule has 40 heavy (non-hydrogen) atoms. The second-order valence-electron chi connectivity index (χ2n) is 13.1. The Bertz CT molecular complexity index is 857. The molecule has 1 aliphatic rings. The van der Waals surface area contributed by atoms with Crippen molar-refractivity contribution >= 4 is 29.5 Å². The number of hydrogen-bond acceptors (Lipinski definition) is 5. The Morgan fingerprint density at radius 2 is 0.700 bits per heavy atom. The van der Waals surface area contributed by atoms with E-state index in [4.69, 9.17) is 0 Å². The fraction of sp³-hybridized carbons (Fsp3) is 0.833. The van der Waals surface area contributed by atoms with Gasteiger partial charge in [0.05, 0.1) is 0 Å². The summed E-state index contributed by atoms with van der Waals surface area (Å²) in [7, 11) is 0. The number of nitrogens with one attached hydrogen (secondary N) is 5. The minimum Gasteiger partial charge on any atom is -0.343 e. The fourth-order valence-electron chi connectivity index (χ4n) is 4.85. The van der Waals surface area contributed by atoms with Gasteiger partial charge in [-0.15, -0.1) is 0 Å². The van der Waals surface area contributed by atoms with Crippen molar-refractivity contribution in [3.63, 3.8) is 0 Å². The van der Waals surface area contributed by atoms with Crippen molar-refractivity contribution in [3.05, 3.63) is 0 Å². The molecule has 1 heterocycles. The smallest absolute Gasteiger partial charge is 0.243 e. The first-order valence-corrected chi connectivity index (χ1v) is 15.1. The van der Waals surface area contributed by atoms with Crippen molar-refractivity contribution in [2.24, 2.45) is 29.6 Å². The average molecular weight is 566 g/mol. The number of hydrogen-bond donors (Lipinski definition) is 5. The van der Waals surface area contributed by atoms with Crippen LogP contribution >= 0.6 is 0 Å². The zero-order valence-corrected chi connectivity index (χ0v) is 26.4. The Morgan fingerprint density at radius 3 is 0.950 bits per heavy atom. The van der Waals surface area contributed by atoms with E-state index in [0.29, 0.717) is 32.1 Å². The van der Waals surface area contributed by atoms with Gasteiger partial charge in [-0.1, -0.05) is 75.7 Å². The lowest BCUT2D eigenvalue weighted by Gasteiger charge is -2.29. The van der Waals surface area contributed by atoms with Crippen LogP contribution in [0.15, 0.2) is 0 Å². The molecule has 0 radical (unpaired) electrons. The maximum Gasteiger partial charge on any atom is 0.243 e. The van der Waals surface area contributed by atoms with E-state index < -0.39 is 59.7 Å². The lowest BCUT2D eigenvalue weighted by atomic mass is 9.95. The van der Waals surface area contributed by atoms with Crippen LogP contribution in [0.1, 0.15) is 101 Å². The molecule has 230 valence electrons. The van der Waals surface area contributed by atoms with E-state index in [-0.39, 0.29) is 29.6 Å². The number of rotatable bonds is 10. The van der Waals surface area contributed by atoms with Gasteiger partial charge in [0.1, 0.15) is 30.2 Å². The Labute approximate surface area is 241 Å². The highest BCUT2D eigenvalue weighted by molar-refractivity contribution is 5.98. The van der Waals surface area contributed by atoms with E-state index in [2.05, 4.69) is 26.6 Å². The summed E-state index contributed by atoms with van der Waals surface area (Å²) in [6.07, 6.45) is 2.07. The van der Waals surface area contributed by atoms with Gasteiger partial charge in [0, 0.05) is 0 Å². The molecule has 10 nitrogen and oxygen atoms in total. The number of amides is 5. The highest BCUT2D eigenvalue weighted by Crippen LogP contribution is 2.15. The average Bonchev–Trinajstić information content (AvgIpc) is 2.83. The van der Waals surface area contributed by atoms with Gasteiger partial charge >= 0.3 is 0 Å². The second-order valence-corrected chi connectivity index (χ2v) is 13.1. The zero-order valence-electron chi connectivity index (χ0n) is 26.4. The van der Waals surface area contributed by atoms with Crippen LogP contribution in [0.2, 0.25) is 0 Å². The van der Waals surface area contributed by atoms with E-state index in [1.807, 2.05) is 69.2 Å². The predicted octanol–water partition coefficient (Wildman–Crippen LogP) is 2.65. The Hall–Kier alpha value is -2.65. The topological polar surface area (TPSA) is 146 Å². The van der Waals surface area contributed by atoms with Crippen molar-refractivity contribution in [1.29, 1.82) is 0 Å². The third-order valence-electron chi connectivity index (χ3n) is 7.15. The molecular formula is C30H55N5O5. The highest BCUT2D eigenvalue weighted by atomic mass is 16.2. The second kappa shape index (κ2) is 16.6. The van der Waals surface area contributed by atoms with Crippen LogP contribution in [0.25, 0.3) is 0 Å². The molecule has 0 aromatic heterocycles. The van der Waals surface area contributed by atoms with Crippen LogP contribution in [-0.2, 0) is 24.0 Å². The van der Waals surface area contributed by atoms with E-state index >= 15 is 0 Å². The van der Waals surface area contributed by atoms with Gasteiger partial charge in [0.2, 0.25) is 29.5 Å². The minimum atomic E-state index is -0.894. The largest absolute Gasteiger partial charge is 0.343 e. The molecular weight excluding hydrogens is 510 g/mol. The normalized spacial score (nSPS) is 26.6. The molecule has 0 spiro atoms. The van der Waals surface area contributed by atoms with Crippen LogP contribution in [0.4, 0.5) is 0 Å². The van der Waals surface area contributed by atoms with Crippen molar-refractivity contribution in [1.82, 2.24) is 26.6 Å². The monoisotopic (exact) mass is 565 g/mol. The van der Waals surface area contributed by atoms with Crippen LogP contribution in [-0.4, -0.2) is 59.7 Å². The molecule has 10 heteroatoms. The fourth-order valence-corrected chi connectivity index (χ4v) is 4.85. The molecule has 5 N–H and O–H groups in total. The molecule has 1 aliphatic heterocycles. The van der Waals surface area contributed by atoms with Gasteiger partial charge in [-0.25, -0.2) is 0 Å². The van der Waals surface area contributed by atoms with Gasteiger partial charge in [0.15, 0.2) is 0 Å². The maximum absolute atomic E-state index is 13.6. The van der Waals surface area contributed by atoms with Crippen molar-refractivity contribution in [3.8, 4) is 0 Å². The molecule has 0 aromatic carbocycles. The minimum absolute atomic E-state index is 0.0832. The Kier molecular flexibility index (Phi) is 14.7. The van der Waals surface area contributed by atoms with E-state index in [0.717, 1.165) is 0 Å². The van der Waals surface area contributed by atoms with Gasteiger partial charge in [-0.05, 0) is 55.3 Å². The summed E-state index contributed by atoms with van der Waals surface area (Å²) in [5.74, 6) is -2.20. The van der Waals surface area contributed by atoms with Crippen molar-refractivity contribution < 1.29 is 24.0 Å². The van der Waals surface area contributed by atoms with Crippen LogP contribution in [0.3, 0.4) is 0 Å². The number of carbonyl (C=O) groups is 5. The predicted molar refractivity (Wildman–Crippen MR) is 157 cm³/mol. The lowest BCUT2D eigenvalue weighted by Crippen LogP contribution is -2.59. The zero-order chi connectivity index (χ0) is 30.7. The summed E-state index contributed by atoms with van der Waals surface area (Å²) in [6, 6.07) is -4.44. The Morgan fingerprint density at radius 1 is 0.450 bits per heavy atom. The quantitative estimate of drug-likeness (QED) is 0.277. The first-order valence-electron chi connectivity index (χ1n) is 15.1. The first kappa shape index (κ1) is 35.4. The molecule has 1 fully saturated rings.